The fraction of sp³-hybridized carbons (Fsp3) is 0.917. The maximum absolute atomic E-state index is 5.31. The van der Waals surface area contributed by atoms with E-state index >= 15 is 0 Å². The van der Waals surface area contributed by atoms with Gasteiger partial charge in [0.1, 0.15) is 0 Å². The summed E-state index contributed by atoms with van der Waals surface area (Å²) in [4.78, 5) is 4.78. The van der Waals surface area contributed by atoms with Crippen LogP contribution in [-0.4, -0.2) is 18.5 Å². The number of methoxy groups -OCH3 is 1. The number of nitrogens with zero attached hydrogens (tertiary/aromatic N) is 1. The van der Waals surface area contributed by atoms with E-state index in [1.807, 2.05) is 0 Å². The van der Waals surface area contributed by atoms with Gasteiger partial charge in [-0.05, 0) is 18.3 Å². The van der Waals surface area contributed by atoms with E-state index in [1.165, 1.54) is 0 Å². The molecule has 0 aromatic carbocycles. The number of hydrogen-bond donors (Lipinski definition) is 0. The molecule has 0 saturated heterocycles. The molecule has 0 aromatic heterocycles. The summed E-state index contributed by atoms with van der Waals surface area (Å²) in [6, 6.07) is 0. The van der Waals surface area contributed by atoms with Crippen LogP contribution in [0.4, 0.5) is 0 Å². The monoisotopic (exact) mass is 195 g/mol. The van der Waals surface area contributed by atoms with Gasteiger partial charge in [-0.2, -0.15) is 0 Å². The van der Waals surface area contributed by atoms with Crippen molar-refractivity contribution in [3.8, 4) is 0 Å². The highest BCUT2D eigenvalue weighted by atomic mass is 16.5. The Morgan fingerprint density at radius 2 is 1.86 bits per heavy atom. The molecule has 0 radical (unpaired) electrons. The van der Waals surface area contributed by atoms with E-state index < -0.39 is 0 Å². The summed E-state index contributed by atoms with van der Waals surface area (Å²) in [6.07, 6.45) is 0.992. The molecule has 2 nitrogen and oxygen atoms in total. The molecule has 1 fully saturated rings. The minimum Gasteiger partial charge on any atom is -0.484 e. The number of rotatable bonds is 0. The maximum Gasteiger partial charge on any atom is 0.183 e. The highest BCUT2D eigenvalue weighted by molar-refractivity contribution is 5.79. The standard InChI is InChI=1S/C12H21NO/c1-8-7-9(14-6)13-12(5)10(2,3)11(8,12)4/h8H,7H2,1-6H3. The van der Waals surface area contributed by atoms with E-state index in [-0.39, 0.29) is 5.54 Å². The molecule has 1 heterocycles. The Labute approximate surface area is 86.8 Å². The van der Waals surface area contributed by atoms with E-state index in [9.17, 15) is 0 Å². The van der Waals surface area contributed by atoms with Crippen molar-refractivity contribution >= 4 is 5.90 Å². The van der Waals surface area contributed by atoms with Gasteiger partial charge in [-0.1, -0.05) is 27.7 Å². The quantitative estimate of drug-likeness (QED) is 0.582. The molecule has 0 bridgehead atoms. The predicted molar refractivity (Wildman–Crippen MR) is 58.5 cm³/mol. The van der Waals surface area contributed by atoms with Crippen LogP contribution >= 0.6 is 0 Å². The van der Waals surface area contributed by atoms with Crippen LogP contribution in [0.1, 0.15) is 41.0 Å². The lowest BCUT2D eigenvalue weighted by Gasteiger charge is -2.28. The molecule has 3 unspecified atom stereocenters. The highest BCUT2D eigenvalue weighted by Crippen LogP contribution is 2.78. The minimum absolute atomic E-state index is 0.0863. The second kappa shape index (κ2) is 2.34. The summed E-state index contributed by atoms with van der Waals surface area (Å²) < 4.78 is 5.31. The van der Waals surface area contributed by atoms with Crippen LogP contribution < -0.4 is 0 Å². The number of aliphatic imine (C=N–C) groups is 1. The Kier molecular flexibility index (Phi) is 1.67. The zero-order chi connectivity index (χ0) is 10.8. The average Bonchev–Trinajstić information content (AvgIpc) is 2.46. The normalized spacial score (nSPS) is 49.3. The van der Waals surface area contributed by atoms with Crippen LogP contribution in [0.15, 0.2) is 4.99 Å². The first kappa shape index (κ1) is 10.0. The van der Waals surface area contributed by atoms with Gasteiger partial charge >= 0.3 is 0 Å². The van der Waals surface area contributed by atoms with Gasteiger partial charge in [-0.25, -0.2) is 4.99 Å². The van der Waals surface area contributed by atoms with E-state index in [1.54, 1.807) is 7.11 Å². The van der Waals surface area contributed by atoms with E-state index in [4.69, 9.17) is 9.73 Å². The van der Waals surface area contributed by atoms with Gasteiger partial charge in [0.2, 0.25) is 0 Å². The van der Waals surface area contributed by atoms with Gasteiger partial charge < -0.3 is 4.74 Å². The molecule has 0 spiro atoms. The van der Waals surface area contributed by atoms with E-state index in [0.29, 0.717) is 16.7 Å². The zero-order valence-electron chi connectivity index (χ0n) is 10.1. The minimum atomic E-state index is 0.0863. The van der Waals surface area contributed by atoms with Crippen LogP contribution in [0.25, 0.3) is 0 Å². The van der Waals surface area contributed by atoms with Crippen LogP contribution in [-0.2, 0) is 4.74 Å². The lowest BCUT2D eigenvalue weighted by Crippen LogP contribution is -2.29. The Morgan fingerprint density at radius 3 is 2.29 bits per heavy atom. The van der Waals surface area contributed by atoms with Crippen LogP contribution in [0, 0.1) is 16.7 Å². The molecule has 1 aliphatic heterocycles. The molecule has 1 aliphatic carbocycles. The molecule has 80 valence electrons. The third-order valence-corrected chi connectivity index (χ3v) is 5.51. The lowest BCUT2D eigenvalue weighted by molar-refractivity contribution is 0.253. The van der Waals surface area contributed by atoms with Crippen LogP contribution in [0.2, 0.25) is 0 Å². The predicted octanol–water partition coefficient (Wildman–Crippen LogP) is 2.88. The van der Waals surface area contributed by atoms with Crippen LogP contribution in [0.3, 0.4) is 0 Å². The van der Waals surface area contributed by atoms with Crippen molar-refractivity contribution in [3.05, 3.63) is 0 Å². The van der Waals surface area contributed by atoms with Crippen LogP contribution in [0.5, 0.6) is 0 Å². The van der Waals surface area contributed by atoms with Gasteiger partial charge in [0, 0.05) is 11.8 Å². The molecule has 2 aliphatic rings. The molecule has 1 saturated carbocycles. The number of hydrogen-bond acceptors (Lipinski definition) is 2. The summed E-state index contributed by atoms with van der Waals surface area (Å²) in [5.74, 6) is 1.60. The maximum atomic E-state index is 5.31. The van der Waals surface area contributed by atoms with Crippen molar-refractivity contribution in [3.63, 3.8) is 0 Å². The number of fused-ring (bicyclic) bond motifs is 1. The summed E-state index contributed by atoms with van der Waals surface area (Å²) in [5, 5.41) is 0. The summed E-state index contributed by atoms with van der Waals surface area (Å²) in [6.45, 7) is 11.6. The van der Waals surface area contributed by atoms with Gasteiger partial charge in [0.05, 0.1) is 12.6 Å². The number of ether oxygens (including phenoxy) is 1. The van der Waals surface area contributed by atoms with Crippen molar-refractivity contribution in [1.82, 2.24) is 0 Å². The summed E-state index contributed by atoms with van der Waals surface area (Å²) in [5.41, 5.74) is 0.741. The zero-order valence-corrected chi connectivity index (χ0v) is 10.1. The fourth-order valence-corrected chi connectivity index (χ4v) is 3.60. The molecule has 0 aromatic rings. The first-order valence-corrected chi connectivity index (χ1v) is 5.44. The topological polar surface area (TPSA) is 21.6 Å². The van der Waals surface area contributed by atoms with Gasteiger partial charge in [0.15, 0.2) is 5.90 Å². The lowest BCUT2D eigenvalue weighted by atomic mass is 9.81. The van der Waals surface area contributed by atoms with Gasteiger partial charge in [0.25, 0.3) is 0 Å². The molecular formula is C12H21NO. The Bertz CT molecular complexity index is 307. The largest absolute Gasteiger partial charge is 0.484 e. The van der Waals surface area contributed by atoms with Gasteiger partial charge in [-0.15, -0.1) is 0 Å². The first-order chi connectivity index (χ1) is 6.31. The van der Waals surface area contributed by atoms with Crippen molar-refractivity contribution in [1.29, 1.82) is 0 Å². The average molecular weight is 195 g/mol. The molecule has 14 heavy (non-hydrogen) atoms. The molecular weight excluding hydrogens is 174 g/mol. The van der Waals surface area contributed by atoms with Crippen molar-refractivity contribution < 1.29 is 4.74 Å². The Hall–Kier alpha value is -0.530. The molecule has 0 N–H and O–H groups in total. The van der Waals surface area contributed by atoms with Gasteiger partial charge in [-0.3, -0.25) is 0 Å². The molecule has 2 heteroatoms. The second-order valence-corrected chi connectivity index (χ2v) is 5.71. The summed E-state index contributed by atoms with van der Waals surface area (Å²) >= 11 is 0. The molecule has 3 atom stereocenters. The second-order valence-electron chi connectivity index (χ2n) is 5.71. The molecule has 2 rings (SSSR count). The van der Waals surface area contributed by atoms with Crippen molar-refractivity contribution in [2.75, 3.05) is 7.11 Å². The Morgan fingerprint density at radius 1 is 1.29 bits per heavy atom. The van der Waals surface area contributed by atoms with Crippen molar-refractivity contribution in [2.45, 2.75) is 46.6 Å². The highest BCUT2D eigenvalue weighted by Gasteiger charge is 2.80. The summed E-state index contributed by atoms with van der Waals surface area (Å²) in [7, 11) is 1.73. The molecule has 0 amide bonds. The SMILES string of the molecule is COC1=NC2(C)C(C)(C)C2(C)C(C)C1. The Balaban J connectivity index is 2.45. The van der Waals surface area contributed by atoms with Crippen molar-refractivity contribution in [2.24, 2.45) is 21.7 Å². The fourth-order valence-electron chi connectivity index (χ4n) is 3.60. The first-order valence-electron chi connectivity index (χ1n) is 5.44. The third kappa shape index (κ3) is 0.731. The van der Waals surface area contributed by atoms with E-state index in [0.717, 1.165) is 12.3 Å². The van der Waals surface area contributed by atoms with E-state index in [2.05, 4.69) is 34.6 Å². The third-order valence-electron chi connectivity index (χ3n) is 5.51. The smallest absolute Gasteiger partial charge is 0.183 e.